The number of hydrogen-bond acceptors (Lipinski definition) is 5. The van der Waals surface area contributed by atoms with Gasteiger partial charge in [0.15, 0.2) is 5.92 Å². The van der Waals surface area contributed by atoms with Crippen LogP contribution >= 0.6 is 0 Å². The van der Waals surface area contributed by atoms with Crippen LogP contribution < -0.4 is 0 Å². The van der Waals surface area contributed by atoms with Gasteiger partial charge in [-0.25, -0.2) is 0 Å². The maximum atomic E-state index is 12.1. The molecule has 0 fully saturated rings. The highest BCUT2D eigenvalue weighted by atomic mass is 16.6. The third-order valence-electron chi connectivity index (χ3n) is 4.97. The van der Waals surface area contributed by atoms with Crippen LogP contribution in [0.25, 0.3) is 0 Å². The molecular weight excluding hydrogens is 324 g/mol. The molecule has 1 aliphatic carbocycles. The van der Waals surface area contributed by atoms with Crippen LogP contribution in [0.15, 0.2) is 12.2 Å². The summed E-state index contributed by atoms with van der Waals surface area (Å²) in [7, 11) is 0. The molecule has 0 heterocycles. The smallest absolute Gasteiger partial charge is 0.320 e. The van der Waals surface area contributed by atoms with E-state index in [1.54, 1.807) is 20.8 Å². The van der Waals surface area contributed by atoms with Crippen molar-refractivity contribution in [1.29, 1.82) is 0 Å². The minimum absolute atomic E-state index is 0.0454. The predicted octanol–water partition coefficient (Wildman–Crippen LogP) is 3.34. The number of esters is 2. The molecule has 142 valence electrons. The largest absolute Gasteiger partial charge is 0.481 e. The minimum Gasteiger partial charge on any atom is -0.481 e. The van der Waals surface area contributed by atoms with Crippen molar-refractivity contribution in [2.45, 2.75) is 72.0 Å². The average molecular weight is 354 g/mol. The van der Waals surface area contributed by atoms with Gasteiger partial charge in [-0.15, -0.1) is 0 Å². The third-order valence-corrected chi connectivity index (χ3v) is 4.97. The van der Waals surface area contributed by atoms with Crippen molar-refractivity contribution in [2.75, 3.05) is 0 Å². The van der Waals surface area contributed by atoms with Crippen LogP contribution in [0.5, 0.6) is 0 Å². The van der Waals surface area contributed by atoms with E-state index in [9.17, 15) is 14.4 Å². The summed E-state index contributed by atoms with van der Waals surface area (Å²) in [5, 5.41) is 9.00. The second kappa shape index (κ2) is 8.02. The van der Waals surface area contributed by atoms with Crippen LogP contribution in [0.4, 0.5) is 0 Å². The Morgan fingerprint density at radius 2 is 1.48 bits per heavy atom. The molecule has 6 nitrogen and oxygen atoms in total. The second-order valence-corrected chi connectivity index (χ2v) is 7.67. The standard InChI is InChI=1S/C19H30O6/c1-7-15(20)24-18(3,4)13-10-8-9-11-14(13)19(5,6)25-17(23)12(2)16(21)22/h8-9,12-14H,7,10-11H2,1-6H3,(H,21,22). The maximum absolute atomic E-state index is 12.1. The summed E-state index contributed by atoms with van der Waals surface area (Å²) < 4.78 is 11.2. The number of carboxylic acids is 1. The van der Waals surface area contributed by atoms with Crippen molar-refractivity contribution in [1.82, 2.24) is 0 Å². The molecule has 0 spiro atoms. The van der Waals surface area contributed by atoms with Crippen molar-refractivity contribution in [3.63, 3.8) is 0 Å². The van der Waals surface area contributed by atoms with Gasteiger partial charge in [0, 0.05) is 18.3 Å². The van der Waals surface area contributed by atoms with E-state index >= 15 is 0 Å². The number of rotatable bonds is 7. The fraction of sp³-hybridized carbons (Fsp3) is 0.737. The van der Waals surface area contributed by atoms with E-state index in [1.807, 2.05) is 26.0 Å². The first-order valence-electron chi connectivity index (χ1n) is 8.74. The monoisotopic (exact) mass is 354 g/mol. The first-order valence-corrected chi connectivity index (χ1v) is 8.74. The van der Waals surface area contributed by atoms with Gasteiger partial charge in [0.05, 0.1) is 0 Å². The Kier molecular flexibility index (Phi) is 6.80. The third kappa shape index (κ3) is 5.31. The number of aliphatic carboxylic acids is 1. The van der Waals surface area contributed by atoms with E-state index in [4.69, 9.17) is 14.6 Å². The molecule has 3 unspecified atom stereocenters. The molecule has 0 saturated carbocycles. The Labute approximate surface area is 149 Å². The highest BCUT2D eigenvalue weighted by Crippen LogP contribution is 2.43. The van der Waals surface area contributed by atoms with Crippen molar-refractivity contribution in [2.24, 2.45) is 17.8 Å². The molecule has 0 aromatic rings. The van der Waals surface area contributed by atoms with Crippen LogP contribution in [0, 0.1) is 17.8 Å². The van der Waals surface area contributed by atoms with Gasteiger partial charge in [-0.3, -0.25) is 14.4 Å². The van der Waals surface area contributed by atoms with Crippen LogP contribution in [-0.4, -0.2) is 34.2 Å². The molecule has 0 radical (unpaired) electrons. The Hall–Kier alpha value is -1.85. The predicted molar refractivity (Wildman–Crippen MR) is 92.8 cm³/mol. The van der Waals surface area contributed by atoms with E-state index in [0.29, 0.717) is 19.3 Å². The summed E-state index contributed by atoms with van der Waals surface area (Å²) in [6, 6.07) is 0. The van der Waals surface area contributed by atoms with E-state index in [2.05, 4.69) is 0 Å². The Balaban J connectivity index is 3.01. The van der Waals surface area contributed by atoms with Gasteiger partial charge in [0.25, 0.3) is 0 Å². The average Bonchev–Trinajstić information content (AvgIpc) is 2.53. The number of carbonyl (C=O) groups excluding carboxylic acids is 2. The highest BCUT2D eigenvalue weighted by molar-refractivity contribution is 5.93. The molecule has 25 heavy (non-hydrogen) atoms. The first kappa shape index (κ1) is 21.2. The summed E-state index contributed by atoms with van der Waals surface area (Å²) in [5.41, 5.74) is -1.60. The van der Waals surface area contributed by atoms with Crippen molar-refractivity contribution < 1.29 is 29.0 Å². The van der Waals surface area contributed by atoms with Gasteiger partial charge < -0.3 is 14.6 Å². The summed E-state index contributed by atoms with van der Waals surface area (Å²) >= 11 is 0. The highest BCUT2D eigenvalue weighted by Gasteiger charge is 2.47. The number of ether oxygens (including phenoxy) is 2. The number of carbonyl (C=O) groups is 3. The SMILES string of the molecule is CCC(=O)OC(C)(C)C1CC=CCC1C(C)(C)OC(=O)C(C)C(=O)O. The lowest BCUT2D eigenvalue weighted by Gasteiger charge is -2.46. The van der Waals surface area contributed by atoms with E-state index in [-0.39, 0.29) is 17.8 Å². The zero-order chi connectivity index (χ0) is 19.4. The summed E-state index contributed by atoms with van der Waals surface area (Å²) in [6.07, 6.45) is 5.73. The topological polar surface area (TPSA) is 89.9 Å². The second-order valence-electron chi connectivity index (χ2n) is 7.67. The van der Waals surface area contributed by atoms with Crippen molar-refractivity contribution >= 4 is 17.9 Å². The molecule has 6 heteroatoms. The van der Waals surface area contributed by atoms with Crippen LogP contribution in [0.2, 0.25) is 0 Å². The molecule has 1 aliphatic rings. The quantitative estimate of drug-likeness (QED) is 0.428. The molecule has 0 saturated heterocycles. The summed E-state index contributed by atoms with van der Waals surface area (Å²) in [5.74, 6) is -3.60. The lowest BCUT2D eigenvalue weighted by Crippen LogP contribution is -2.50. The van der Waals surface area contributed by atoms with E-state index < -0.39 is 29.1 Å². The van der Waals surface area contributed by atoms with Gasteiger partial charge in [-0.1, -0.05) is 19.1 Å². The minimum atomic E-state index is -1.22. The molecule has 1 N–H and O–H groups in total. The lowest BCUT2D eigenvalue weighted by atomic mass is 9.67. The molecule has 0 aromatic heterocycles. The maximum Gasteiger partial charge on any atom is 0.320 e. The molecule has 3 atom stereocenters. The zero-order valence-corrected chi connectivity index (χ0v) is 16.0. The molecule has 0 aliphatic heterocycles. The Morgan fingerprint density at radius 1 is 1.04 bits per heavy atom. The van der Waals surface area contributed by atoms with Crippen LogP contribution in [0.1, 0.15) is 60.8 Å². The van der Waals surface area contributed by atoms with Gasteiger partial charge in [0.1, 0.15) is 11.2 Å². The molecule has 1 rings (SSSR count). The van der Waals surface area contributed by atoms with Crippen molar-refractivity contribution in [3.8, 4) is 0 Å². The van der Waals surface area contributed by atoms with Crippen molar-refractivity contribution in [3.05, 3.63) is 12.2 Å². The Bertz CT molecular complexity index is 546. The van der Waals surface area contributed by atoms with Crippen LogP contribution in [-0.2, 0) is 23.9 Å². The summed E-state index contributed by atoms with van der Waals surface area (Å²) in [6.45, 7) is 10.4. The molecular formula is C19H30O6. The number of carboxylic acid groups (broad SMARTS) is 1. The van der Waals surface area contributed by atoms with Gasteiger partial charge >= 0.3 is 17.9 Å². The van der Waals surface area contributed by atoms with E-state index in [1.165, 1.54) is 6.92 Å². The van der Waals surface area contributed by atoms with Gasteiger partial charge in [-0.2, -0.15) is 0 Å². The van der Waals surface area contributed by atoms with Gasteiger partial charge in [-0.05, 0) is 47.5 Å². The number of hydrogen-bond donors (Lipinski definition) is 1. The number of allylic oxidation sites excluding steroid dienone is 2. The lowest BCUT2D eigenvalue weighted by molar-refractivity contribution is -0.184. The van der Waals surface area contributed by atoms with E-state index in [0.717, 1.165) is 0 Å². The molecule has 0 amide bonds. The normalized spacial score (nSPS) is 22.2. The zero-order valence-electron chi connectivity index (χ0n) is 16.0. The molecule has 0 aromatic carbocycles. The summed E-state index contributed by atoms with van der Waals surface area (Å²) in [4.78, 5) is 34.9. The first-order chi connectivity index (χ1) is 11.4. The Morgan fingerprint density at radius 3 is 1.88 bits per heavy atom. The van der Waals surface area contributed by atoms with Gasteiger partial charge in [0.2, 0.25) is 0 Å². The molecule has 0 bridgehead atoms. The van der Waals surface area contributed by atoms with Crippen LogP contribution in [0.3, 0.4) is 0 Å². The fourth-order valence-electron chi connectivity index (χ4n) is 3.32. The fourth-order valence-corrected chi connectivity index (χ4v) is 3.32.